The number of morpholine rings is 1. The van der Waals surface area contributed by atoms with Gasteiger partial charge in [0.1, 0.15) is 30.0 Å². The van der Waals surface area contributed by atoms with Crippen LogP contribution < -0.4 is 15.1 Å². The number of rotatable bonds is 5. The molecule has 0 spiro atoms. The molecule has 1 fully saturated rings. The normalized spacial score (nSPS) is 21.4. The van der Waals surface area contributed by atoms with Crippen LogP contribution in [0.15, 0.2) is 12.1 Å². The van der Waals surface area contributed by atoms with E-state index in [9.17, 15) is 12.8 Å². The predicted octanol–water partition coefficient (Wildman–Crippen LogP) is 0.837. The summed E-state index contributed by atoms with van der Waals surface area (Å²) in [5.74, 6) is -0.00124. The molecule has 1 atom stereocenters. The molecule has 0 aliphatic carbocycles. The van der Waals surface area contributed by atoms with E-state index in [-0.39, 0.29) is 12.7 Å². The zero-order chi connectivity index (χ0) is 17.2. The fourth-order valence-corrected chi connectivity index (χ4v) is 3.35. The molecule has 3 rings (SSSR count). The molecule has 0 amide bonds. The van der Waals surface area contributed by atoms with E-state index in [1.54, 1.807) is 0 Å². The maximum atomic E-state index is 14.1. The number of hydrogen-bond donors (Lipinski definition) is 1. The first-order valence-electron chi connectivity index (χ1n) is 7.87. The zero-order valence-electron chi connectivity index (χ0n) is 13.5. The summed E-state index contributed by atoms with van der Waals surface area (Å²) in [5.41, 5.74) is 0.750. The number of hydroxylamine groups is 1. The molecule has 134 valence electrons. The van der Waals surface area contributed by atoms with E-state index in [4.69, 9.17) is 13.8 Å². The van der Waals surface area contributed by atoms with Crippen molar-refractivity contribution in [2.45, 2.75) is 18.9 Å². The van der Waals surface area contributed by atoms with Crippen LogP contribution in [0.4, 0.5) is 10.1 Å². The maximum absolute atomic E-state index is 14.1. The Morgan fingerprint density at radius 3 is 3.00 bits per heavy atom. The van der Waals surface area contributed by atoms with Crippen molar-refractivity contribution in [1.82, 2.24) is 5.32 Å². The maximum Gasteiger partial charge on any atom is 0.285 e. The number of hydrogen-bond acceptors (Lipinski definition) is 7. The number of nitrogens with one attached hydrogen (secondary N) is 1. The van der Waals surface area contributed by atoms with E-state index in [1.807, 2.05) is 0 Å². The van der Waals surface area contributed by atoms with E-state index in [1.165, 1.54) is 17.2 Å². The molecule has 24 heavy (non-hydrogen) atoms. The molecule has 9 heteroatoms. The van der Waals surface area contributed by atoms with Gasteiger partial charge in [0.15, 0.2) is 0 Å². The molecule has 0 saturated carbocycles. The highest BCUT2D eigenvalue weighted by atomic mass is 32.2. The topological polar surface area (TPSA) is 77.1 Å². The zero-order valence-corrected chi connectivity index (χ0v) is 14.3. The first kappa shape index (κ1) is 17.4. The van der Waals surface area contributed by atoms with Gasteiger partial charge in [-0.05, 0) is 25.0 Å². The van der Waals surface area contributed by atoms with Crippen LogP contribution in [0.1, 0.15) is 12.0 Å². The van der Waals surface area contributed by atoms with Gasteiger partial charge in [0, 0.05) is 25.2 Å². The molecule has 2 aliphatic rings. The first-order valence-corrected chi connectivity index (χ1v) is 9.69. The highest BCUT2D eigenvalue weighted by molar-refractivity contribution is 7.86. The average Bonchev–Trinajstić information content (AvgIpc) is 2.54. The fraction of sp³-hybridized carbons (Fsp3) is 0.600. The second kappa shape index (κ2) is 7.22. The van der Waals surface area contributed by atoms with Crippen LogP contribution in [0.5, 0.6) is 5.75 Å². The van der Waals surface area contributed by atoms with Gasteiger partial charge in [0.2, 0.25) is 0 Å². The van der Waals surface area contributed by atoms with Crippen molar-refractivity contribution in [3.8, 4) is 5.75 Å². The molecule has 2 heterocycles. The van der Waals surface area contributed by atoms with Crippen LogP contribution in [0.2, 0.25) is 0 Å². The molecule has 1 unspecified atom stereocenters. The number of nitrogens with zero attached hydrogens (tertiary/aromatic N) is 1. The van der Waals surface area contributed by atoms with Crippen LogP contribution in [0.3, 0.4) is 0 Å². The number of benzene rings is 1. The standard InChI is InChI=1S/C15H21FN2O5S/c1-24(19,20)23-18-7-2-3-12-13(16)4-5-14(15(12)18)22-10-11-9-17-6-8-21-11/h4-5,11,17H,2-3,6-10H2,1H3. The van der Waals surface area contributed by atoms with Gasteiger partial charge in [0.05, 0.1) is 12.9 Å². The summed E-state index contributed by atoms with van der Waals surface area (Å²) in [6.07, 6.45) is 1.96. The minimum absolute atomic E-state index is 0.104. The van der Waals surface area contributed by atoms with Crippen molar-refractivity contribution in [2.75, 3.05) is 44.2 Å². The Kier molecular flexibility index (Phi) is 5.24. The van der Waals surface area contributed by atoms with Gasteiger partial charge >= 0.3 is 0 Å². The Hall–Kier alpha value is -1.42. The molecule has 1 aromatic rings. The highest BCUT2D eigenvalue weighted by Gasteiger charge is 2.28. The van der Waals surface area contributed by atoms with Gasteiger partial charge < -0.3 is 14.8 Å². The lowest BCUT2D eigenvalue weighted by molar-refractivity contribution is 0.000107. The molecular weight excluding hydrogens is 339 g/mol. The minimum atomic E-state index is -3.72. The quantitative estimate of drug-likeness (QED) is 0.834. The first-order chi connectivity index (χ1) is 11.4. The highest BCUT2D eigenvalue weighted by Crippen LogP contribution is 2.38. The Morgan fingerprint density at radius 1 is 1.46 bits per heavy atom. The van der Waals surface area contributed by atoms with E-state index in [0.717, 1.165) is 12.8 Å². The van der Waals surface area contributed by atoms with Crippen LogP contribution in [0.25, 0.3) is 0 Å². The number of ether oxygens (including phenoxy) is 2. The Labute approximate surface area is 140 Å². The number of halogens is 1. The van der Waals surface area contributed by atoms with Gasteiger partial charge in [-0.3, -0.25) is 0 Å². The van der Waals surface area contributed by atoms with Crippen molar-refractivity contribution in [1.29, 1.82) is 0 Å². The smallest absolute Gasteiger partial charge is 0.285 e. The monoisotopic (exact) mass is 360 g/mol. The molecule has 1 saturated heterocycles. The van der Waals surface area contributed by atoms with Gasteiger partial charge in [-0.2, -0.15) is 8.42 Å². The summed E-state index contributed by atoms with van der Waals surface area (Å²) in [6.45, 7) is 2.73. The van der Waals surface area contributed by atoms with Crippen LogP contribution in [-0.2, 0) is 25.6 Å². The SMILES string of the molecule is CS(=O)(=O)ON1CCCc2c(F)ccc(OCC3CNCCO3)c21. The molecule has 0 radical (unpaired) electrons. The summed E-state index contributed by atoms with van der Waals surface area (Å²) >= 11 is 0. The molecule has 7 nitrogen and oxygen atoms in total. The van der Waals surface area contributed by atoms with Crippen molar-refractivity contribution >= 4 is 15.8 Å². The van der Waals surface area contributed by atoms with Crippen molar-refractivity contribution in [3.05, 3.63) is 23.5 Å². The molecule has 1 N–H and O–H groups in total. The molecule has 1 aromatic carbocycles. The second-order valence-corrected chi connectivity index (χ2v) is 7.42. The fourth-order valence-electron chi connectivity index (χ4n) is 2.88. The van der Waals surface area contributed by atoms with Crippen molar-refractivity contribution < 1.29 is 26.6 Å². The number of anilines is 1. The van der Waals surface area contributed by atoms with Crippen molar-refractivity contribution in [3.63, 3.8) is 0 Å². The largest absolute Gasteiger partial charge is 0.489 e. The number of fused-ring (bicyclic) bond motifs is 1. The molecule has 0 aromatic heterocycles. The summed E-state index contributed by atoms with van der Waals surface area (Å²) in [4.78, 5) is 0. The van der Waals surface area contributed by atoms with Gasteiger partial charge in [-0.1, -0.05) is 0 Å². The van der Waals surface area contributed by atoms with Crippen LogP contribution in [-0.4, -0.2) is 53.6 Å². The van der Waals surface area contributed by atoms with Gasteiger partial charge in [-0.15, -0.1) is 4.28 Å². The Bertz CT molecular complexity index is 691. The van der Waals surface area contributed by atoms with E-state index in [0.29, 0.717) is 49.5 Å². The predicted molar refractivity (Wildman–Crippen MR) is 86.1 cm³/mol. The summed E-state index contributed by atoms with van der Waals surface area (Å²) in [7, 11) is -3.72. The third-order valence-corrected chi connectivity index (χ3v) is 4.33. The van der Waals surface area contributed by atoms with Crippen LogP contribution in [0, 0.1) is 5.82 Å². The van der Waals surface area contributed by atoms with Gasteiger partial charge in [0.25, 0.3) is 10.1 Å². The molecular formula is C15H21FN2O5S. The molecule has 0 bridgehead atoms. The van der Waals surface area contributed by atoms with Gasteiger partial charge in [-0.25, -0.2) is 9.45 Å². The minimum Gasteiger partial charge on any atom is -0.489 e. The lowest BCUT2D eigenvalue weighted by Gasteiger charge is -2.31. The Balaban J connectivity index is 1.83. The third-order valence-electron chi connectivity index (χ3n) is 3.88. The molecule has 2 aliphatic heterocycles. The van der Waals surface area contributed by atoms with E-state index < -0.39 is 15.9 Å². The average molecular weight is 360 g/mol. The van der Waals surface area contributed by atoms with Crippen LogP contribution >= 0.6 is 0 Å². The summed E-state index contributed by atoms with van der Waals surface area (Å²) < 4.78 is 53.5. The second-order valence-electron chi connectivity index (χ2n) is 5.86. The third kappa shape index (κ3) is 4.15. The van der Waals surface area contributed by atoms with Crippen molar-refractivity contribution in [2.24, 2.45) is 0 Å². The lowest BCUT2D eigenvalue weighted by atomic mass is 10.0. The van der Waals surface area contributed by atoms with E-state index >= 15 is 0 Å². The van der Waals surface area contributed by atoms with E-state index in [2.05, 4.69) is 5.32 Å². The Morgan fingerprint density at radius 2 is 2.29 bits per heavy atom. The lowest BCUT2D eigenvalue weighted by Crippen LogP contribution is -2.41. The summed E-state index contributed by atoms with van der Waals surface area (Å²) in [6, 6.07) is 2.83. The summed E-state index contributed by atoms with van der Waals surface area (Å²) in [5, 5.41) is 4.40.